The van der Waals surface area contributed by atoms with Crippen LogP contribution < -0.4 is 9.64 Å². The minimum atomic E-state index is -2.45. The fourth-order valence-corrected chi connectivity index (χ4v) is 4.52. The van der Waals surface area contributed by atoms with Crippen molar-refractivity contribution in [3.63, 3.8) is 0 Å². The van der Waals surface area contributed by atoms with Gasteiger partial charge in [0.1, 0.15) is 5.75 Å². The summed E-state index contributed by atoms with van der Waals surface area (Å²) < 4.78 is 16.7. The van der Waals surface area contributed by atoms with Crippen LogP contribution in [0.3, 0.4) is 0 Å². The van der Waals surface area contributed by atoms with E-state index in [-0.39, 0.29) is 17.7 Å². The van der Waals surface area contributed by atoms with E-state index in [1.165, 1.54) is 32.2 Å². The van der Waals surface area contributed by atoms with Gasteiger partial charge in [0.15, 0.2) is 0 Å². The molecular weight excluding hydrogens is 458 g/mol. The van der Waals surface area contributed by atoms with E-state index in [9.17, 15) is 14.7 Å². The van der Waals surface area contributed by atoms with E-state index in [1.54, 1.807) is 36.4 Å². The fourth-order valence-electron chi connectivity index (χ4n) is 4.35. The molecule has 0 saturated carbocycles. The third-order valence-electron chi connectivity index (χ3n) is 6.10. The standard InChI is InChI=1S/C26H24ClNO6/c1-28-22-15-19(27)11-14-21(22)25(31,23(28)29)26(24(30)33-3,18-9-12-20(32-2)13-10-18)34-16-17-7-5-4-6-8-17/h4-15,31H,16H2,1-3H3/t25-,26-/m1/s1. The largest absolute Gasteiger partial charge is 0.497 e. The maximum atomic E-state index is 13.7. The van der Waals surface area contributed by atoms with Gasteiger partial charge in [0.2, 0.25) is 11.2 Å². The number of anilines is 1. The summed E-state index contributed by atoms with van der Waals surface area (Å²) >= 11 is 6.17. The number of rotatable bonds is 7. The van der Waals surface area contributed by atoms with Gasteiger partial charge in [-0.1, -0.05) is 60.1 Å². The molecule has 176 valence electrons. The Labute approximate surface area is 202 Å². The molecule has 1 aliphatic heterocycles. The molecule has 3 aromatic rings. The van der Waals surface area contributed by atoms with Crippen LogP contribution in [0.1, 0.15) is 16.7 Å². The molecule has 1 heterocycles. The first-order chi connectivity index (χ1) is 16.3. The summed E-state index contributed by atoms with van der Waals surface area (Å²) in [6, 6.07) is 20.1. The highest BCUT2D eigenvalue weighted by Gasteiger charge is 2.69. The van der Waals surface area contributed by atoms with Gasteiger partial charge < -0.3 is 24.2 Å². The van der Waals surface area contributed by atoms with Crippen molar-refractivity contribution in [2.75, 3.05) is 26.2 Å². The quantitative estimate of drug-likeness (QED) is 0.517. The first kappa shape index (κ1) is 23.8. The van der Waals surface area contributed by atoms with Crippen LogP contribution in [0.4, 0.5) is 5.69 Å². The Morgan fingerprint density at radius 2 is 1.74 bits per heavy atom. The lowest BCUT2D eigenvalue weighted by Crippen LogP contribution is -2.61. The van der Waals surface area contributed by atoms with Crippen LogP contribution in [0.2, 0.25) is 5.02 Å². The lowest BCUT2D eigenvalue weighted by atomic mass is 9.73. The van der Waals surface area contributed by atoms with Gasteiger partial charge in [0.25, 0.3) is 5.91 Å². The number of ether oxygens (including phenoxy) is 3. The average molecular weight is 482 g/mol. The number of hydrogen-bond acceptors (Lipinski definition) is 6. The van der Waals surface area contributed by atoms with Crippen molar-refractivity contribution >= 4 is 29.2 Å². The number of fused-ring (bicyclic) bond motifs is 1. The Bertz CT molecular complexity index is 1220. The molecule has 1 aliphatic rings. The van der Waals surface area contributed by atoms with Crippen LogP contribution in [0.15, 0.2) is 72.8 Å². The van der Waals surface area contributed by atoms with Crippen molar-refractivity contribution in [1.82, 2.24) is 0 Å². The zero-order valence-electron chi connectivity index (χ0n) is 18.9. The van der Waals surface area contributed by atoms with E-state index in [2.05, 4.69) is 0 Å². The summed E-state index contributed by atoms with van der Waals surface area (Å²) in [4.78, 5) is 28.5. The number of esters is 1. The Kier molecular flexibility index (Phi) is 6.36. The van der Waals surface area contributed by atoms with Crippen LogP contribution in [-0.4, -0.2) is 38.3 Å². The monoisotopic (exact) mass is 481 g/mol. The van der Waals surface area contributed by atoms with Gasteiger partial charge in [-0.3, -0.25) is 4.79 Å². The molecule has 34 heavy (non-hydrogen) atoms. The number of methoxy groups -OCH3 is 2. The van der Waals surface area contributed by atoms with Gasteiger partial charge in [-0.05, 0) is 35.4 Å². The van der Waals surface area contributed by atoms with Gasteiger partial charge in [-0.2, -0.15) is 0 Å². The van der Waals surface area contributed by atoms with Crippen molar-refractivity contribution in [3.05, 3.63) is 94.5 Å². The van der Waals surface area contributed by atoms with Gasteiger partial charge in [-0.15, -0.1) is 0 Å². The number of amides is 1. The molecule has 0 fully saturated rings. The highest BCUT2D eigenvalue weighted by atomic mass is 35.5. The predicted octanol–water partition coefficient (Wildman–Crippen LogP) is 3.80. The smallest absolute Gasteiger partial charge is 0.346 e. The maximum Gasteiger partial charge on any atom is 0.346 e. The van der Waals surface area contributed by atoms with Crippen molar-refractivity contribution in [2.24, 2.45) is 0 Å². The number of hydrogen-bond donors (Lipinski definition) is 1. The number of benzene rings is 3. The van der Waals surface area contributed by atoms with Crippen molar-refractivity contribution in [2.45, 2.75) is 17.8 Å². The molecule has 3 aromatic carbocycles. The lowest BCUT2D eigenvalue weighted by Gasteiger charge is -2.41. The Morgan fingerprint density at radius 3 is 2.35 bits per heavy atom. The lowest BCUT2D eigenvalue weighted by molar-refractivity contribution is -0.220. The molecule has 8 heteroatoms. The summed E-state index contributed by atoms with van der Waals surface area (Å²) in [5.74, 6) is -1.15. The second-order valence-electron chi connectivity index (χ2n) is 7.91. The molecule has 1 amide bonds. The van der Waals surface area contributed by atoms with E-state index in [1.807, 2.05) is 30.3 Å². The second kappa shape index (κ2) is 9.10. The number of carbonyl (C=O) groups excluding carboxylic acids is 2. The SMILES string of the molecule is COC(=O)[C@](OCc1ccccc1)(c1ccc(OC)cc1)[C@]1(O)C(=O)N(C)c2cc(Cl)ccc21. The highest BCUT2D eigenvalue weighted by molar-refractivity contribution is 6.31. The minimum absolute atomic E-state index is 0.0792. The third kappa shape index (κ3) is 3.53. The third-order valence-corrected chi connectivity index (χ3v) is 6.34. The molecule has 0 radical (unpaired) electrons. The van der Waals surface area contributed by atoms with Gasteiger partial charge in [0.05, 0.1) is 26.5 Å². The van der Waals surface area contributed by atoms with Crippen molar-refractivity contribution < 1.29 is 28.9 Å². The Balaban J connectivity index is 1.99. The van der Waals surface area contributed by atoms with Crippen LogP contribution in [0.5, 0.6) is 5.75 Å². The van der Waals surface area contributed by atoms with Gasteiger partial charge in [0, 0.05) is 17.6 Å². The zero-order chi connectivity index (χ0) is 24.5. The van der Waals surface area contributed by atoms with Crippen LogP contribution >= 0.6 is 11.6 Å². The van der Waals surface area contributed by atoms with Crippen molar-refractivity contribution in [3.8, 4) is 5.75 Å². The number of carbonyl (C=O) groups is 2. The number of nitrogens with zero attached hydrogens (tertiary/aromatic N) is 1. The second-order valence-corrected chi connectivity index (χ2v) is 8.35. The molecular formula is C26H24ClNO6. The van der Waals surface area contributed by atoms with E-state index in [0.29, 0.717) is 16.5 Å². The molecule has 0 aromatic heterocycles. The highest BCUT2D eigenvalue weighted by Crippen LogP contribution is 2.53. The minimum Gasteiger partial charge on any atom is -0.497 e. The van der Waals surface area contributed by atoms with Gasteiger partial charge in [-0.25, -0.2) is 4.79 Å². The van der Waals surface area contributed by atoms with Crippen LogP contribution in [-0.2, 0) is 36.9 Å². The number of likely N-dealkylation sites (N-methyl/N-ethyl adjacent to an activating group) is 1. The molecule has 2 atom stereocenters. The molecule has 4 rings (SSSR count). The summed E-state index contributed by atoms with van der Waals surface area (Å²) in [5, 5.41) is 12.6. The Morgan fingerprint density at radius 1 is 1.06 bits per heavy atom. The summed E-state index contributed by atoms with van der Waals surface area (Å²) in [7, 11) is 4.20. The van der Waals surface area contributed by atoms with Gasteiger partial charge >= 0.3 is 5.97 Å². The summed E-state index contributed by atoms with van der Waals surface area (Å²) in [6.07, 6.45) is 0. The molecule has 7 nitrogen and oxygen atoms in total. The van der Waals surface area contributed by atoms with E-state index in [0.717, 1.165) is 5.56 Å². The molecule has 0 spiro atoms. The summed E-state index contributed by atoms with van der Waals surface area (Å²) in [6.45, 7) is -0.0792. The fraction of sp³-hybridized carbons (Fsp3) is 0.231. The molecule has 0 aliphatic carbocycles. The molecule has 1 N–H and O–H groups in total. The molecule has 0 bridgehead atoms. The first-order valence-corrected chi connectivity index (χ1v) is 10.9. The molecule has 0 unspecified atom stereocenters. The van der Waals surface area contributed by atoms with Crippen molar-refractivity contribution in [1.29, 1.82) is 0 Å². The van der Waals surface area contributed by atoms with E-state index >= 15 is 0 Å². The van der Waals surface area contributed by atoms with Crippen LogP contribution in [0, 0.1) is 0 Å². The van der Waals surface area contributed by atoms with E-state index < -0.39 is 23.1 Å². The number of halogens is 1. The van der Waals surface area contributed by atoms with E-state index in [4.69, 9.17) is 25.8 Å². The normalized spacial score (nSPS) is 18.9. The average Bonchev–Trinajstić information content (AvgIpc) is 3.06. The zero-order valence-corrected chi connectivity index (χ0v) is 19.7. The first-order valence-electron chi connectivity index (χ1n) is 10.5. The summed E-state index contributed by atoms with van der Waals surface area (Å²) in [5.41, 5.74) is -3.18. The molecule has 0 saturated heterocycles. The topological polar surface area (TPSA) is 85.3 Å². The maximum absolute atomic E-state index is 13.7. The Hall–Kier alpha value is -3.39. The number of aliphatic hydroxyl groups is 1. The van der Waals surface area contributed by atoms with Crippen LogP contribution in [0.25, 0.3) is 0 Å². The predicted molar refractivity (Wildman–Crippen MR) is 127 cm³/mol.